The van der Waals surface area contributed by atoms with Gasteiger partial charge in [-0.25, -0.2) is 0 Å². The van der Waals surface area contributed by atoms with E-state index in [2.05, 4.69) is 64.3 Å². The van der Waals surface area contributed by atoms with Crippen LogP contribution in [-0.4, -0.2) is 0 Å². The lowest BCUT2D eigenvalue weighted by molar-refractivity contribution is 0.417. The molecule has 0 heterocycles. The molecule has 1 unspecified atom stereocenters. The molecule has 2 nitrogen and oxygen atoms in total. The van der Waals surface area contributed by atoms with E-state index in [1.165, 1.54) is 17.5 Å². The molecular formula is C17H28N2. The number of benzene rings is 1. The van der Waals surface area contributed by atoms with Crippen molar-refractivity contribution in [3.8, 4) is 0 Å². The van der Waals surface area contributed by atoms with E-state index in [0.29, 0.717) is 16.7 Å². The van der Waals surface area contributed by atoms with Crippen molar-refractivity contribution in [3.63, 3.8) is 0 Å². The van der Waals surface area contributed by atoms with Crippen LogP contribution < -0.4 is 11.3 Å². The van der Waals surface area contributed by atoms with Gasteiger partial charge in [0.25, 0.3) is 0 Å². The van der Waals surface area contributed by atoms with E-state index in [1.54, 1.807) is 0 Å². The second-order valence-corrected chi connectivity index (χ2v) is 7.06. The third-order valence-corrected chi connectivity index (χ3v) is 5.49. The van der Waals surface area contributed by atoms with E-state index >= 15 is 0 Å². The van der Waals surface area contributed by atoms with Crippen molar-refractivity contribution >= 4 is 0 Å². The summed E-state index contributed by atoms with van der Waals surface area (Å²) in [6, 6.07) is 9.14. The molecule has 1 saturated carbocycles. The van der Waals surface area contributed by atoms with Crippen LogP contribution in [0.5, 0.6) is 0 Å². The molecule has 19 heavy (non-hydrogen) atoms. The molecule has 0 spiro atoms. The highest BCUT2D eigenvalue weighted by Crippen LogP contribution is 2.72. The quantitative estimate of drug-likeness (QED) is 0.624. The minimum absolute atomic E-state index is 0.252. The third-order valence-electron chi connectivity index (χ3n) is 5.49. The number of nitrogens with two attached hydrogens (primary N) is 1. The Morgan fingerprint density at radius 2 is 1.84 bits per heavy atom. The van der Waals surface area contributed by atoms with Crippen LogP contribution in [-0.2, 0) is 6.42 Å². The van der Waals surface area contributed by atoms with Crippen molar-refractivity contribution in [3.05, 3.63) is 35.4 Å². The highest BCUT2D eigenvalue weighted by Gasteiger charge is 2.67. The fraction of sp³-hybridized carbons (Fsp3) is 0.647. The molecule has 1 aromatic rings. The lowest BCUT2D eigenvalue weighted by Gasteiger charge is -2.19. The first kappa shape index (κ1) is 14.5. The number of nitrogens with one attached hydrogen (secondary N) is 1. The average molecular weight is 260 g/mol. The highest BCUT2D eigenvalue weighted by molar-refractivity contribution is 5.31. The van der Waals surface area contributed by atoms with Crippen LogP contribution in [0.4, 0.5) is 0 Å². The summed E-state index contributed by atoms with van der Waals surface area (Å²) in [4.78, 5) is 0. The van der Waals surface area contributed by atoms with Gasteiger partial charge in [-0.05, 0) is 34.3 Å². The van der Waals surface area contributed by atoms with Gasteiger partial charge in [-0.3, -0.25) is 11.3 Å². The largest absolute Gasteiger partial charge is 0.271 e. The van der Waals surface area contributed by atoms with E-state index in [9.17, 15) is 0 Å². The molecule has 1 atom stereocenters. The summed E-state index contributed by atoms with van der Waals surface area (Å²) in [6.07, 6.45) is 2.33. The monoisotopic (exact) mass is 260 g/mol. The molecule has 0 amide bonds. The van der Waals surface area contributed by atoms with E-state index in [1.807, 2.05) is 0 Å². The predicted molar refractivity (Wildman–Crippen MR) is 81.6 cm³/mol. The smallest absolute Gasteiger partial charge is 0.0498 e. The summed E-state index contributed by atoms with van der Waals surface area (Å²) in [6.45, 7) is 11.6. The number of hydrazine groups is 1. The first-order valence-corrected chi connectivity index (χ1v) is 7.41. The Kier molecular flexibility index (Phi) is 3.76. The number of rotatable bonds is 5. The summed E-state index contributed by atoms with van der Waals surface area (Å²) in [5, 5.41) is 0. The highest BCUT2D eigenvalue weighted by atomic mass is 15.2. The summed E-state index contributed by atoms with van der Waals surface area (Å²) in [5.41, 5.74) is 6.48. The van der Waals surface area contributed by atoms with Crippen molar-refractivity contribution in [1.29, 1.82) is 0 Å². The molecule has 1 aromatic carbocycles. The second-order valence-electron chi connectivity index (χ2n) is 7.06. The van der Waals surface area contributed by atoms with Gasteiger partial charge in [0.1, 0.15) is 0 Å². The van der Waals surface area contributed by atoms with Gasteiger partial charge in [-0.15, -0.1) is 0 Å². The molecular weight excluding hydrogens is 232 g/mol. The summed E-state index contributed by atoms with van der Waals surface area (Å²) in [5.74, 6) is 6.45. The zero-order valence-corrected chi connectivity index (χ0v) is 13.0. The summed E-state index contributed by atoms with van der Waals surface area (Å²) in [7, 11) is 0. The van der Waals surface area contributed by atoms with Crippen LogP contribution in [0.25, 0.3) is 0 Å². The van der Waals surface area contributed by atoms with Gasteiger partial charge in [0.2, 0.25) is 0 Å². The van der Waals surface area contributed by atoms with Crippen molar-refractivity contribution < 1.29 is 0 Å². The van der Waals surface area contributed by atoms with Gasteiger partial charge >= 0.3 is 0 Å². The number of hydrogen-bond acceptors (Lipinski definition) is 2. The summed E-state index contributed by atoms with van der Waals surface area (Å²) < 4.78 is 0. The zero-order valence-electron chi connectivity index (χ0n) is 13.0. The Hall–Kier alpha value is -0.860. The molecule has 0 aromatic heterocycles. The second kappa shape index (κ2) is 4.92. The Bertz CT molecular complexity index is 434. The number of hydrogen-bond donors (Lipinski definition) is 2. The molecule has 2 rings (SSSR count). The minimum atomic E-state index is 0.252. The van der Waals surface area contributed by atoms with Crippen LogP contribution in [0, 0.1) is 16.7 Å². The number of aryl methyl sites for hydroxylation is 1. The van der Waals surface area contributed by atoms with Crippen LogP contribution in [0.15, 0.2) is 24.3 Å². The zero-order chi connectivity index (χ0) is 14.3. The Labute approximate surface area is 117 Å². The molecule has 2 heteroatoms. The molecule has 3 N–H and O–H groups in total. The molecule has 0 aliphatic heterocycles. The standard InChI is InChI=1S/C17H28N2/c1-6-8-12-9-7-10-13(11-12)14(19-18)15-16(2,3)17(15,4)5/h7,9-11,14-15,19H,6,8,18H2,1-5H3. The normalized spacial score (nSPS) is 22.2. The Morgan fingerprint density at radius 3 is 2.32 bits per heavy atom. The first-order valence-electron chi connectivity index (χ1n) is 7.41. The van der Waals surface area contributed by atoms with E-state index < -0.39 is 0 Å². The predicted octanol–water partition coefficient (Wildman–Crippen LogP) is 3.83. The van der Waals surface area contributed by atoms with Gasteiger partial charge in [0, 0.05) is 6.04 Å². The first-order chi connectivity index (χ1) is 8.86. The lowest BCUT2D eigenvalue weighted by atomic mass is 9.95. The van der Waals surface area contributed by atoms with Crippen LogP contribution in [0.1, 0.15) is 58.2 Å². The van der Waals surface area contributed by atoms with Gasteiger partial charge in [-0.2, -0.15) is 0 Å². The van der Waals surface area contributed by atoms with Crippen molar-refractivity contribution in [1.82, 2.24) is 5.43 Å². The topological polar surface area (TPSA) is 38.0 Å². The molecule has 0 saturated heterocycles. The minimum Gasteiger partial charge on any atom is -0.271 e. The molecule has 1 aliphatic rings. The SMILES string of the molecule is CCCc1cccc(C(NN)C2C(C)(C)C2(C)C)c1. The molecule has 0 bridgehead atoms. The lowest BCUT2D eigenvalue weighted by Crippen LogP contribution is -2.31. The van der Waals surface area contributed by atoms with E-state index in [4.69, 9.17) is 5.84 Å². The van der Waals surface area contributed by atoms with Crippen molar-refractivity contribution in [2.45, 2.75) is 53.5 Å². The van der Waals surface area contributed by atoms with Gasteiger partial charge < -0.3 is 0 Å². The maximum absolute atomic E-state index is 5.86. The fourth-order valence-electron chi connectivity index (χ4n) is 3.70. The van der Waals surface area contributed by atoms with Crippen LogP contribution in [0.3, 0.4) is 0 Å². The van der Waals surface area contributed by atoms with Crippen LogP contribution in [0.2, 0.25) is 0 Å². The van der Waals surface area contributed by atoms with E-state index in [-0.39, 0.29) is 6.04 Å². The van der Waals surface area contributed by atoms with Crippen molar-refractivity contribution in [2.24, 2.45) is 22.6 Å². The maximum Gasteiger partial charge on any atom is 0.0498 e. The van der Waals surface area contributed by atoms with Gasteiger partial charge in [-0.1, -0.05) is 65.3 Å². The fourth-order valence-corrected chi connectivity index (χ4v) is 3.70. The van der Waals surface area contributed by atoms with Gasteiger partial charge in [0.15, 0.2) is 0 Å². The Morgan fingerprint density at radius 1 is 1.21 bits per heavy atom. The van der Waals surface area contributed by atoms with Crippen LogP contribution >= 0.6 is 0 Å². The summed E-state index contributed by atoms with van der Waals surface area (Å²) >= 11 is 0. The third kappa shape index (κ3) is 2.32. The molecule has 0 radical (unpaired) electrons. The molecule has 1 fully saturated rings. The molecule has 1 aliphatic carbocycles. The maximum atomic E-state index is 5.86. The molecule has 106 valence electrons. The van der Waals surface area contributed by atoms with Crippen molar-refractivity contribution in [2.75, 3.05) is 0 Å². The average Bonchev–Trinajstić information content (AvgIpc) is 2.74. The van der Waals surface area contributed by atoms with Gasteiger partial charge in [0.05, 0.1) is 0 Å². The Balaban J connectivity index is 2.26. The van der Waals surface area contributed by atoms with E-state index in [0.717, 1.165) is 6.42 Å².